The molecule has 0 aliphatic heterocycles. The predicted molar refractivity (Wildman–Crippen MR) is 60.2 cm³/mol. The summed E-state index contributed by atoms with van der Waals surface area (Å²) in [5.74, 6) is 1.73. The van der Waals surface area contributed by atoms with E-state index in [0.717, 1.165) is 10.8 Å². The number of rotatable bonds is 6. The average molecular weight is 228 g/mol. The van der Waals surface area contributed by atoms with Crippen molar-refractivity contribution in [1.29, 1.82) is 0 Å². The maximum Gasteiger partial charge on any atom is 0.217 e. The second kappa shape index (κ2) is 6.63. The number of aliphatic hydroxyl groups is 1. The number of nitrogens with zero attached hydrogens (tertiary/aromatic N) is 2. The summed E-state index contributed by atoms with van der Waals surface area (Å²) in [6.45, 7) is 4.73. The molecule has 5 heteroatoms. The second-order valence-corrected chi connectivity index (χ2v) is 4.27. The third-order valence-corrected chi connectivity index (χ3v) is 2.99. The molecule has 1 atom stereocenters. The van der Waals surface area contributed by atoms with Crippen molar-refractivity contribution in [2.45, 2.75) is 18.9 Å². The van der Waals surface area contributed by atoms with E-state index in [0.29, 0.717) is 12.5 Å². The van der Waals surface area contributed by atoms with Gasteiger partial charge in [-0.05, 0) is 12.8 Å². The maximum absolute atomic E-state index is 8.88. The number of thioether (sulfide) groups is 1. The first kappa shape index (κ1) is 12.3. The Hall–Kier alpha value is -0.810. The normalized spacial score (nSPS) is 12.5. The molecule has 1 aromatic rings. The molecule has 0 bridgehead atoms. The van der Waals surface area contributed by atoms with Crippen molar-refractivity contribution in [3.63, 3.8) is 0 Å². The molecule has 0 radical (unpaired) electrons. The molecule has 15 heavy (non-hydrogen) atoms. The molecule has 4 nitrogen and oxygen atoms in total. The summed E-state index contributed by atoms with van der Waals surface area (Å²) in [5, 5.41) is 9.76. The van der Waals surface area contributed by atoms with Gasteiger partial charge < -0.3 is 9.84 Å². The molecule has 0 spiro atoms. The SMILES string of the molecule is CCOc1cc(SCC(C)CO)ncn1. The first-order valence-corrected chi connectivity index (χ1v) is 5.93. The Bertz CT molecular complexity index is 297. The molecule has 0 amide bonds. The molecule has 1 heterocycles. The van der Waals surface area contributed by atoms with Gasteiger partial charge in [0.2, 0.25) is 5.88 Å². The van der Waals surface area contributed by atoms with Crippen molar-refractivity contribution in [1.82, 2.24) is 9.97 Å². The molecule has 0 aliphatic carbocycles. The van der Waals surface area contributed by atoms with Crippen LogP contribution in [0.3, 0.4) is 0 Å². The molecule has 1 unspecified atom stereocenters. The van der Waals surface area contributed by atoms with Gasteiger partial charge in [0.05, 0.1) is 6.61 Å². The van der Waals surface area contributed by atoms with E-state index in [1.165, 1.54) is 6.33 Å². The van der Waals surface area contributed by atoms with E-state index < -0.39 is 0 Å². The van der Waals surface area contributed by atoms with Gasteiger partial charge in [-0.2, -0.15) is 0 Å². The van der Waals surface area contributed by atoms with Gasteiger partial charge in [-0.3, -0.25) is 0 Å². The van der Waals surface area contributed by atoms with Crippen LogP contribution in [0.25, 0.3) is 0 Å². The van der Waals surface area contributed by atoms with Crippen LogP contribution < -0.4 is 4.74 Å². The average Bonchev–Trinajstić information content (AvgIpc) is 2.27. The Morgan fingerprint density at radius 1 is 1.53 bits per heavy atom. The Labute approximate surface area is 94.1 Å². The lowest BCUT2D eigenvalue weighted by atomic mass is 10.2. The van der Waals surface area contributed by atoms with Crippen molar-refractivity contribution in [3.8, 4) is 5.88 Å². The summed E-state index contributed by atoms with van der Waals surface area (Å²) >= 11 is 1.60. The van der Waals surface area contributed by atoms with E-state index in [1.807, 2.05) is 19.9 Å². The first-order chi connectivity index (χ1) is 7.26. The van der Waals surface area contributed by atoms with Crippen LogP contribution >= 0.6 is 11.8 Å². The predicted octanol–water partition coefficient (Wildman–Crippen LogP) is 1.60. The summed E-state index contributed by atoms with van der Waals surface area (Å²) < 4.78 is 5.27. The van der Waals surface area contributed by atoms with Crippen molar-refractivity contribution < 1.29 is 9.84 Å². The highest BCUT2D eigenvalue weighted by molar-refractivity contribution is 7.99. The molecule has 84 valence electrons. The van der Waals surface area contributed by atoms with Gasteiger partial charge in [0, 0.05) is 18.4 Å². The molecule has 0 fully saturated rings. The Morgan fingerprint density at radius 3 is 3.00 bits per heavy atom. The zero-order valence-electron chi connectivity index (χ0n) is 9.01. The molecule has 0 aromatic carbocycles. The van der Waals surface area contributed by atoms with E-state index in [4.69, 9.17) is 9.84 Å². The third kappa shape index (κ3) is 4.48. The minimum absolute atomic E-state index is 0.205. The molecule has 1 N–H and O–H groups in total. The highest BCUT2D eigenvalue weighted by Crippen LogP contribution is 2.20. The zero-order chi connectivity index (χ0) is 11.1. The highest BCUT2D eigenvalue weighted by Gasteiger charge is 2.04. The van der Waals surface area contributed by atoms with Crippen molar-refractivity contribution >= 4 is 11.8 Å². The van der Waals surface area contributed by atoms with E-state index >= 15 is 0 Å². The van der Waals surface area contributed by atoms with Crippen LogP contribution in [0.15, 0.2) is 17.4 Å². The minimum Gasteiger partial charge on any atom is -0.478 e. The Kier molecular flexibility index (Phi) is 5.42. The largest absolute Gasteiger partial charge is 0.478 e. The summed E-state index contributed by atoms with van der Waals surface area (Å²) in [6, 6.07) is 1.82. The summed E-state index contributed by atoms with van der Waals surface area (Å²) in [7, 11) is 0. The second-order valence-electron chi connectivity index (χ2n) is 3.23. The molecular weight excluding hydrogens is 212 g/mol. The molecule has 0 saturated carbocycles. The summed E-state index contributed by atoms with van der Waals surface area (Å²) in [5.41, 5.74) is 0. The van der Waals surface area contributed by atoms with Gasteiger partial charge in [0.15, 0.2) is 0 Å². The van der Waals surface area contributed by atoms with E-state index in [1.54, 1.807) is 11.8 Å². The van der Waals surface area contributed by atoms with E-state index in [2.05, 4.69) is 9.97 Å². The minimum atomic E-state index is 0.205. The summed E-state index contributed by atoms with van der Waals surface area (Å²) in [4.78, 5) is 8.10. The molecular formula is C10H16N2O2S. The number of hydrogen-bond acceptors (Lipinski definition) is 5. The van der Waals surface area contributed by atoms with Crippen LogP contribution in [-0.4, -0.2) is 34.0 Å². The maximum atomic E-state index is 8.88. The fraction of sp³-hybridized carbons (Fsp3) is 0.600. The van der Waals surface area contributed by atoms with Crippen LogP contribution in [-0.2, 0) is 0 Å². The fourth-order valence-electron chi connectivity index (χ4n) is 0.909. The van der Waals surface area contributed by atoms with Crippen LogP contribution in [0, 0.1) is 5.92 Å². The third-order valence-electron chi connectivity index (χ3n) is 1.74. The zero-order valence-corrected chi connectivity index (χ0v) is 9.83. The van der Waals surface area contributed by atoms with Crippen LogP contribution in [0.4, 0.5) is 0 Å². The van der Waals surface area contributed by atoms with Crippen LogP contribution in [0.1, 0.15) is 13.8 Å². The number of hydrogen-bond donors (Lipinski definition) is 1. The lowest BCUT2D eigenvalue weighted by Crippen LogP contribution is -2.03. The summed E-state index contributed by atoms with van der Waals surface area (Å²) in [6.07, 6.45) is 1.50. The van der Waals surface area contributed by atoms with Gasteiger partial charge in [0.1, 0.15) is 11.4 Å². The van der Waals surface area contributed by atoms with Crippen molar-refractivity contribution in [3.05, 3.63) is 12.4 Å². The number of aromatic nitrogens is 2. The monoisotopic (exact) mass is 228 g/mol. The van der Waals surface area contributed by atoms with E-state index in [-0.39, 0.29) is 12.5 Å². The Balaban J connectivity index is 2.50. The van der Waals surface area contributed by atoms with Gasteiger partial charge >= 0.3 is 0 Å². The van der Waals surface area contributed by atoms with Gasteiger partial charge in [-0.1, -0.05) is 6.92 Å². The lowest BCUT2D eigenvalue weighted by molar-refractivity contribution is 0.250. The topological polar surface area (TPSA) is 55.2 Å². The lowest BCUT2D eigenvalue weighted by Gasteiger charge is -2.07. The standard InChI is InChI=1S/C10H16N2O2S/c1-3-14-9-4-10(12-7-11-9)15-6-8(2)5-13/h4,7-8,13H,3,5-6H2,1-2H3. The van der Waals surface area contributed by atoms with Crippen molar-refractivity contribution in [2.24, 2.45) is 5.92 Å². The highest BCUT2D eigenvalue weighted by atomic mass is 32.2. The first-order valence-electron chi connectivity index (χ1n) is 4.94. The van der Waals surface area contributed by atoms with E-state index in [9.17, 15) is 0 Å². The fourth-order valence-corrected chi connectivity index (χ4v) is 1.78. The number of ether oxygens (including phenoxy) is 1. The molecule has 0 saturated heterocycles. The van der Waals surface area contributed by atoms with Gasteiger partial charge in [0.25, 0.3) is 0 Å². The van der Waals surface area contributed by atoms with Gasteiger partial charge in [-0.25, -0.2) is 9.97 Å². The molecule has 1 aromatic heterocycles. The molecule has 1 rings (SSSR count). The smallest absolute Gasteiger partial charge is 0.217 e. The van der Waals surface area contributed by atoms with Crippen LogP contribution in [0.2, 0.25) is 0 Å². The Morgan fingerprint density at radius 2 is 2.33 bits per heavy atom. The number of aliphatic hydroxyl groups excluding tert-OH is 1. The van der Waals surface area contributed by atoms with Gasteiger partial charge in [-0.15, -0.1) is 11.8 Å². The molecule has 0 aliphatic rings. The van der Waals surface area contributed by atoms with Crippen molar-refractivity contribution in [2.75, 3.05) is 19.0 Å². The van der Waals surface area contributed by atoms with Crippen LogP contribution in [0.5, 0.6) is 5.88 Å². The quantitative estimate of drug-likeness (QED) is 0.592.